The van der Waals surface area contributed by atoms with Crippen molar-refractivity contribution in [3.8, 4) is 11.5 Å². The average Bonchev–Trinajstić information content (AvgIpc) is 2.90. The molecule has 1 heterocycles. The molecule has 0 bridgehead atoms. The van der Waals surface area contributed by atoms with Crippen LogP contribution in [0.1, 0.15) is 11.1 Å². The number of methoxy groups -OCH3 is 2. The summed E-state index contributed by atoms with van der Waals surface area (Å²) in [7, 11) is 3.12. The van der Waals surface area contributed by atoms with E-state index in [4.69, 9.17) is 9.47 Å². The van der Waals surface area contributed by atoms with Crippen molar-refractivity contribution in [2.45, 2.75) is 6.54 Å². The second-order valence-electron chi connectivity index (χ2n) is 5.47. The number of hydrogen-bond donors (Lipinski definition) is 0. The molecule has 2 aromatic rings. The van der Waals surface area contributed by atoms with E-state index in [0.29, 0.717) is 22.0 Å². The van der Waals surface area contributed by atoms with Gasteiger partial charge < -0.3 is 9.47 Å². The summed E-state index contributed by atoms with van der Waals surface area (Å²) >= 11 is 4.37. The van der Waals surface area contributed by atoms with E-state index < -0.39 is 0 Å². The number of amides is 2. The van der Waals surface area contributed by atoms with Crippen LogP contribution in [0.2, 0.25) is 0 Å². The van der Waals surface area contributed by atoms with Gasteiger partial charge in [-0.15, -0.1) is 0 Å². The van der Waals surface area contributed by atoms with Crippen LogP contribution in [0.4, 0.5) is 4.79 Å². The van der Waals surface area contributed by atoms with Gasteiger partial charge in [0.1, 0.15) is 11.5 Å². The Morgan fingerprint density at radius 1 is 1.12 bits per heavy atom. The first-order valence-electron chi connectivity index (χ1n) is 7.74. The summed E-state index contributed by atoms with van der Waals surface area (Å²) < 4.78 is 11.4. The van der Waals surface area contributed by atoms with Crippen LogP contribution in [0.15, 0.2) is 51.8 Å². The van der Waals surface area contributed by atoms with Crippen molar-refractivity contribution in [3.05, 3.63) is 63.0 Å². The normalized spacial score (nSPS) is 15.7. The molecule has 0 spiro atoms. The standard InChI is InChI=1S/C19H16BrNO4S/c1-24-14-7-8-16(25-2)13(9-14)10-17-18(22)21(19(23)26-17)11-12-5-3-4-6-15(12)20/h3-10H,11H2,1-2H3/b17-10+. The van der Waals surface area contributed by atoms with Gasteiger partial charge in [-0.25, -0.2) is 0 Å². The molecule has 0 N–H and O–H groups in total. The number of thioether (sulfide) groups is 1. The van der Waals surface area contributed by atoms with E-state index in [1.54, 1.807) is 38.5 Å². The van der Waals surface area contributed by atoms with Crippen LogP contribution in [-0.4, -0.2) is 30.3 Å². The highest BCUT2D eigenvalue weighted by atomic mass is 79.9. The number of benzene rings is 2. The summed E-state index contributed by atoms with van der Waals surface area (Å²) in [5, 5.41) is -0.293. The molecule has 0 radical (unpaired) electrons. The van der Waals surface area contributed by atoms with Gasteiger partial charge in [-0.3, -0.25) is 14.5 Å². The van der Waals surface area contributed by atoms with Crippen molar-refractivity contribution < 1.29 is 19.1 Å². The Bertz CT molecular complexity index is 897. The van der Waals surface area contributed by atoms with Crippen molar-refractivity contribution in [2.75, 3.05) is 14.2 Å². The highest BCUT2D eigenvalue weighted by molar-refractivity contribution is 9.10. The lowest BCUT2D eigenvalue weighted by Gasteiger charge is -2.13. The van der Waals surface area contributed by atoms with Gasteiger partial charge in [0.25, 0.3) is 11.1 Å². The molecular weight excluding hydrogens is 418 g/mol. The van der Waals surface area contributed by atoms with Crippen LogP contribution >= 0.6 is 27.7 Å². The molecule has 2 aromatic carbocycles. The third-order valence-corrected chi connectivity index (χ3v) is 5.56. The predicted molar refractivity (Wildman–Crippen MR) is 105 cm³/mol. The van der Waals surface area contributed by atoms with E-state index in [9.17, 15) is 9.59 Å². The number of rotatable bonds is 5. The number of ether oxygens (including phenoxy) is 2. The lowest BCUT2D eigenvalue weighted by atomic mass is 10.1. The third kappa shape index (κ3) is 3.78. The van der Waals surface area contributed by atoms with Crippen LogP contribution in [-0.2, 0) is 11.3 Å². The minimum absolute atomic E-state index is 0.221. The van der Waals surface area contributed by atoms with Gasteiger partial charge in [0.15, 0.2) is 0 Å². The molecule has 26 heavy (non-hydrogen) atoms. The zero-order valence-corrected chi connectivity index (χ0v) is 16.6. The lowest BCUT2D eigenvalue weighted by Crippen LogP contribution is -2.27. The monoisotopic (exact) mass is 433 g/mol. The summed E-state index contributed by atoms with van der Waals surface area (Å²) in [5.74, 6) is 0.925. The zero-order valence-electron chi connectivity index (χ0n) is 14.2. The second-order valence-corrected chi connectivity index (χ2v) is 7.31. The van der Waals surface area contributed by atoms with Crippen molar-refractivity contribution >= 4 is 44.9 Å². The number of halogens is 1. The van der Waals surface area contributed by atoms with Crippen LogP contribution in [0, 0.1) is 0 Å². The Morgan fingerprint density at radius 3 is 2.58 bits per heavy atom. The largest absolute Gasteiger partial charge is 0.497 e. The molecule has 0 atom stereocenters. The fourth-order valence-electron chi connectivity index (χ4n) is 2.53. The fourth-order valence-corrected chi connectivity index (χ4v) is 3.77. The molecule has 1 fully saturated rings. The van der Waals surface area contributed by atoms with Crippen LogP contribution in [0.5, 0.6) is 11.5 Å². The molecule has 3 rings (SSSR count). The molecule has 0 aromatic heterocycles. The van der Waals surface area contributed by atoms with E-state index in [1.807, 2.05) is 24.3 Å². The summed E-state index contributed by atoms with van der Waals surface area (Å²) in [4.78, 5) is 26.6. The first kappa shape index (κ1) is 18.5. The van der Waals surface area contributed by atoms with Crippen LogP contribution in [0.3, 0.4) is 0 Å². The van der Waals surface area contributed by atoms with Crippen molar-refractivity contribution in [1.82, 2.24) is 4.90 Å². The number of carbonyl (C=O) groups excluding carboxylic acids is 2. The minimum Gasteiger partial charge on any atom is -0.497 e. The van der Waals surface area contributed by atoms with Gasteiger partial charge in [-0.05, 0) is 47.7 Å². The number of imide groups is 1. The maximum Gasteiger partial charge on any atom is 0.293 e. The summed E-state index contributed by atoms with van der Waals surface area (Å²) in [6.45, 7) is 0.221. The molecule has 5 nitrogen and oxygen atoms in total. The predicted octanol–water partition coefficient (Wildman–Crippen LogP) is 4.70. The highest BCUT2D eigenvalue weighted by Gasteiger charge is 2.35. The van der Waals surface area contributed by atoms with E-state index in [0.717, 1.165) is 21.8 Å². The highest BCUT2D eigenvalue weighted by Crippen LogP contribution is 2.36. The molecule has 1 aliphatic heterocycles. The Morgan fingerprint density at radius 2 is 1.88 bits per heavy atom. The molecule has 1 saturated heterocycles. The Kier molecular flexibility index (Phi) is 5.68. The number of nitrogens with zero attached hydrogens (tertiary/aromatic N) is 1. The molecule has 0 unspecified atom stereocenters. The van der Waals surface area contributed by atoms with E-state index in [-0.39, 0.29) is 17.7 Å². The van der Waals surface area contributed by atoms with Gasteiger partial charge >= 0.3 is 0 Å². The summed E-state index contributed by atoms with van der Waals surface area (Å²) in [5.41, 5.74) is 1.55. The van der Waals surface area contributed by atoms with E-state index in [2.05, 4.69) is 15.9 Å². The maximum absolute atomic E-state index is 12.7. The third-order valence-electron chi connectivity index (χ3n) is 3.88. The Hall–Kier alpha value is -2.25. The quantitative estimate of drug-likeness (QED) is 0.639. The average molecular weight is 434 g/mol. The molecule has 1 aliphatic rings. The topological polar surface area (TPSA) is 55.8 Å². The molecule has 0 saturated carbocycles. The molecule has 134 valence electrons. The minimum atomic E-state index is -0.319. The van der Waals surface area contributed by atoms with Crippen molar-refractivity contribution in [1.29, 1.82) is 0 Å². The first-order chi connectivity index (χ1) is 12.5. The van der Waals surface area contributed by atoms with Gasteiger partial charge in [0.05, 0.1) is 25.7 Å². The lowest BCUT2D eigenvalue weighted by molar-refractivity contribution is -0.123. The fraction of sp³-hybridized carbons (Fsp3) is 0.158. The SMILES string of the molecule is COc1ccc(OC)c(/C=C2/SC(=O)N(Cc3ccccc3Br)C2=O)c1. The Labute approximate surface area is 164 Å². The van der Waals surface area contributed by atoms with Gasteiger partial charge in [0.2, 0.25) is 0 Å². The Balaban J connectivity index is 1.89. The van der Waals surface area contributed by atoms with E-state index >= 15 is 0 Å². The van der Waals surface area contributed by atoms with Gasteiger partial charge in [-0.2, -0.15) is 0 Å². The van der Waals surface area contributed by atoms with Crippen LogP contribution < -0.4 is 9.47 Å². The number of carbonyl (C=O) groups is 2. The molecular formula is C19H16BrNO4S. The maximum atomic E-state index is 12.7. The number of hydrogen-bond acceptors (Lipinski definition) is 5. The zero-order chi connectivity index (χ0) is 18.7. The van der Waals surface area contributed by atoms with Crippen LogP contribution in [0.25, 0.3) is 6.08 Å². The molecule has 0 aliphatic carbocycles. The summed E-state index contributed by atoms with van der Waals surface area (Å²) in [6, 6.07) is 12.8. The van der Waals surface area contributed by atoms with E-state index in [1.165, 1.54) is 4.90 Å². The van der Waals surface area contributed by atoms with Crippen molar-refractivity contribution in [3.63, 3.8) is 0 Å². The molecule has 2 amide bonds. The molecule has 7 heteroatoms. The van der Waals surface area contributed by atoms with Crippen molar-refractivity contribution in [2.24, 2.45) is 0 Å². The summed E-state index contributed by atoms with van der Waals surface area (Å²) in [6.07, 6.45) is 1.66. The second kappa shape index (κ2) is 7.97. The van der Waals surface area contributed by atoms with Gasteiger partial charge in [0, 0.05) is 10.0 Å². The first-order valence-corrected chi connectivity index (χ1v) is 9.35. The van der Waals surface area contributed by atoms with Gasteiger partial charge in [-0.1, -0.05) is 34.1 Å². The smallest absolute Gasteiger partial charge is 0.293 e.